The molecule has 196 valence electrons. The summed E-state index contributed by atoms with van der Waals surface area (Å²) in [6.07, 6.45) is -0.0198. The molecule has 0 unspecified atom stereocenters. The number of benzene rings is 2. The summed E-state index contributed by atoms with van der Waals surface area (Å²) in [5.74, 6) is -0.930. The van der Waals surface area contributed by atoms with E-state index in [1.54, 1.807) is 31.2 Å². The van der Waals surface area contributed by atoms with Crippen LogP contribution in [-0.4, -0.2) is 96.6 Å². The summed E-state index contributed by atoms with van der Waals surface area (Å²) in [5, 5.41) is 3.24. The van der Waals surface area contributed by atoms with Crippen LogP contribution in [0.15, 0.2) is 54.6 Å². The molecule has 0 saturated carbocycles. The zero-order chi connectivity index (χ0) is 26.4. The van der Waals surface area contributed by atoms with E-state index in [0.29, 0.717) is 28.6 Å². The van der Waals surface area contributed by atoms with Crippen molar-refractivity contribution < 1.29 is 19.1 Å². The van der Waals surface area contributed by atoms with Gasteiger partial charge in [-0.25, -0.2) is 4.79 Å². The Hall–Kier alpha value is -3.34. The highest BCUT2D eigenvalue weighted by Gasteiger charge is 2.44. The van der Waals surface area contributed by atoms with Gasteiger partial charge < -0.3 is 19.9 Å². The molecule has 1 N–H and O–H groups in total. The lowest BCUT2D eigenvalue weighted by Gasteiger charge is -2.34. The summed E-state index contributed by atoms with van der Waals surface area (Å²) in [6.45, 7) is 7.19. The average Bonchev–Trinajstić information content (AvgIpc) is 3.12. The number of likely N-dealkylation sites (N-methyl/N-ethyl adjacent to an activating group) is 1. The van der Waals surface area contributed by atoms with Gasteiger partial charge in [-0.15, -0.1) is 0 Å². The molecule has 37 heavy (non-hydrogen) atoms. The maximum absolute atomic E-state index is 13.6. The Balaban J connectivity index is 1.51. The van der Waals surface area contributed by atoms with E-state index in [4.69, 9.17) is 17.0 Å². The van der Waals surface area contributed by atoms with Crippen LogP contribution in [0.3, 0.4) is 0 Å². The van der Waals surface area contributed by atoms with Gasteiger partial charge in [0.1, 0.15) is 6.04 Å². The Morgan fingerprint density at radius 2 is 1.68 bits per heavy atom. The summed E-state index contributed by atoms with van der Waals surface area (Å²) in [6, 6.07) is 15.1. The Morgan fingerprint density at radius 1 is 1.00 bits per heavy atom. The van der Waals surface area contributed by atoms with Crippen molar-refractivity contribution in [2.45, 2.75) is 19.4 Å². The first kappa shape index (κ1) is 26.7. The molecule has 2 aliphatic rings. The van der Waals surface area contributed by atoms with Crippen LogP contribution in [0.25, 0.3) is 0 Å². The maximum Gasteiger partial charge on any atom is 0.338 e. The number of thiocarbonyl (C=S) groups is 1. The molecule has 10 heteroatoms. The highest BCUT2D eigenvalue weighted by atomic mass is 32.1. The van der Waals surface area contributed by atoms with Gasteiger partial charge in [0.2, 0.25) is 5.91 Å². The number of ether oxygens (including phenoxy) is 1. The molecule has 1 atom stereocenters. The van der Waals surface area contributed by atoms with Gasteiger partial charge >= 0.3 is 5.97 Å². The number of carbonyl (C=O) groups excluding carboxylic acids is 3. The van der Waals surface area contributed by atoms with Crippen LogP contribution in [0, 0.1) is 0 Å². The number of carbonyl (C=O) groups is 3. The maximum atomic E-state index is 13.6. The van der Waals surface area contributed by atoms with Gasteiger partial charge in [0.05, 0.1) is 24.3 Å². The zero-order valence-electron chi connectivity index (χ0n) is 21.3. The van der Waals surface area contributed by atoms with Crippen LogP contribution in [0.1, 0.15) is 23.7 Å². The Bertz CT molecular complexity index is 1120. The van der Waals surface area contributed by atoms with E-state index in [1.807, 2.05) is 35.2 Å². The summed E-state index contributed by atoms with van der Waals surface area (Å²) in [4.78, 5) is 46.6. The summed E-state index contributed by atoms with van der Waals surface area (Å²) < 4.78 is 5.05. The van der Waals surface area contributed by atoms with E-state index in [2.05, 4.69) is 22.2 Å². The lowest BCUT2D eigenvalue weighted by atomic mass is 10.1. The van der Waals surface area contributed by atoms with Gasteiger partial charge in [0.15, 0.2) is 5.11 Å². The third kappa shape index (κ3) is 6.51. The number of anilines is 2. The number of rotatable bonds is 9. The number of piperazine rings is 1. The standard InChI is InChI=1S/C27H33N5O4S/c1-3-36-26(35)20-9-11-22(12-10-20)32-25(34)23(19-24(33)28-21-7-5-4-6-8-21)31(27(32)37)18-17-30-15-13-29(2)14-16-30/h4-12,23H,3,13-19H2,1-2H3,(H,28,33)/t23-/m0/s1. The molecule has 2 fully saturated rings. The SMILES string of the molecule is CCOC(=O)c1ccc(N2C(=O)[C@H](CC(=O)Nc3ccccc3)N(CCN3CCN(C)CC3)C2=S)cc1. The molecule has 9 nitrogen and oxygen atoms in total. The highest BCUT2D eigenvalue weighted by molar-refractivity contribution is 7.80. The van der Waals surface area contributed by atoms with E-state index in [1.165, 1.54) is 4.90 Å². The van der Waals surface area contributed by atoms with Crippen LogP contribution in [0.4, 0.5) is 11.4 Å². The first-order valence-electron chi connectivity index (χ1n) is 12.5. The van der Waals surface area contributed by atoms with Gasteiger partial charge in [0, 0.05) is 45.0 Å². The van der Waals surface area contributed by atoms with E-state index < -0.39 is 12.0 Å². The van der Waals surface area contributed by atoms with E-state index in [0.717, 1.165) is 32.7 Å². The van der Waals surface area contributed by atoms with Crippen LogP contribution >= 0.6 is 12.2 Å². The molecule has 0 bridgehead atoms. The zero-order valence-corrected chi connectivity index (χ0v) is 22.1. The molecule has 2 heterocycles. The number of hydrogen-bond acceptors (Lipinski definition) is 7. The van der Waals surface area contributed by atoms with Gasteiger partial charge in [0.25, 0.3) is 5.91 Å². The van der Waals surface area contributed by atoms with Crippen LogP contribution in [-0.2, 0) is 14.3 Å². The number of esters is 1. The minimum atomic E-state index is -0.714. The van der Waals surface area contributed by atoms with Crippen LogP contribution in [0.2, 0.25) is 0 Å². The molecule has 0 spiro atoms. The van der Waals surface area contributed by atoms with Crippen molar-refractivity contribution in [1.29, 1.82) is 0 Å². The molecule has 0 radical (unpaired) electrons. The first-order chi connectivity index (χ1) is 17.9. The molecule has 0 aromatic heterocycles. The lowest BCUT2D eigenvalue weighted by Crippen LogP contribution is -2.48. The molecule has 2 amide bonds. The van der Waals surface area contributed by atoms with E-state index in [9.17, 15) is 14.4 Å². The molecular formula is C27H33N5O4S. The fraction of sp³-hybridized carbons (Fsp3) is 0.407. The molecule has 0 aliphatic carbocycles. The Morgan fingerprint density at radius 3 is 2.32 bits per heavy atom. The topological polar surface area (TPSA) is 85.4 Å². The lowest BCUT2D eigenvalue weighted by molar-refractivity contribution is -0.124. The van der Waals surface area contributed by atoms with Gasteiger partial charge in [-0.1, -0.05) is 18.2 Å². The third-order valence-corrected chi connectivity index (χ3v) is 7.06. The van der Waals surface area contributed by atoms with Crippen molar-refractivity contribution in [3.8, 4) is 0 Å². The van der Waals surface area contributed by atoms with Gasteiger partial charge in [-0.05, 0) is 62.6 Å². The quantitative estimate of drug-likeness (QED) is 0.396. The molecule has 2 aliphatic heterocycles. The fourth-order valence-electron chi connectivity index (χ4n) is 4.52. The predicted octanol–water partition coefficient (Wildman–Crippen LogP) is 2.44. The summed E-state index contributed by atoms with van der Waals surface area (Å²) >= 11 is 5.77. The van der Waals surface area contributed by atoms with Crippen LogP contribution in [0.5, 0.6) is 0 Å². The second kappa shape index (κ2) is 12.3. The molecule has 2 aromatic rings. The molecule has 4 rings (SSSR count). The second-order valence-corrected chi connectivity index (χ2v) is 9.56. The van der Waals surface area contributed by atoms with E-state index in [-0.39, 0.29) is 24.8 Å². The predicted molar refractivity (Wildman–Crippen MR) is 147 cm³/mol. The number of hydrogen-bond donors (Lipinski definition) is 1. The smallest absolute Gasteiger partial charge is 0.338 e. The van der Waals surface area contributed by atoms with Crippen molar-refractivity contribution in [3.05, 3.63) is 60.2 Å². The third-order valence-electron chi connectivity index (χ3n) is 6.64. The number of nitrogens with zero attached hydrogens (tertiary/aromatic N) is 4. The largest absolute Gasteiger partial charge is 0.462 e. The monoisotopic (exact) mass is 523 g/mol. The first-order valence-corrected chi connectivity index (χ1v) is 13.0. The van der Waals surface area contributed by atoms with Crippen molar-refractivity contribution in [1.82, 2.24) is 14.7 Å². The summed E-state index contributed by atoms with van der Waals surface area (Å²) in [5.41, 5.74) is 1.63. The number of nitrogens with one attached hydrogen (secondary N) is 1. The number of amides is 2. The van der Waals surface area contributed by atoms with Crippen molar-refractivity contribution >= 4 is 46.5 Å². The van der Waals surface area contributed by atoms with E-state index >= 15 is 0 Å². The average molecular weight is 524 g/mol. The Labute approximate surface area is 222 Å². The molecule has 2 aromatic carbocycles. The molecule has 2 saturated heterocycles. The van der Waals surface area contributed by atoms with Crippen molar-refractivity contribution in [3.63, 3.8) is 0 Å². The van der Waals surface area contributed by atoms with Crippen molar-refractivity contribution in [2.75, 3.05) is 63.1 Å². The Kier molecular flexibility index (Phi) is 8.86. The second-order valence-electron chi connectivity index (χ2n) is 9.20. The molecular weight excluding hydrogens is 490 g/mol. The minimum absolute atomic E-state index is 0.0198. The van der Waals surface area contributed by atoms with Crippen molar-refractivity contribution in [2.24, 2.45) is 0 Å². The minimum Gasteiger partial charge on any atom is -0.462 e. The number of para-hydroxylation sites is 1. The highest BCUT2D eigenvalue weighted by Crippen LogP contribution is 2.28. The normalized spacial score (nSPS) is 18.8. The van der Waals surface area contributed by atoms with Crippen LogP contribution < -0.4 is 10.2 Å². The van der Waals surface area contributed by atoms with Gasteiger partial charge in [-0.2, -0.15) is 0 Å². The summed E-state index contributed by atoms with van der Waals surface area (Å²) in [7, 11) is 2.11. The van der Waals surface area contributed by atoms with Gasteiger partial charge in [-0.3, -0.25) is 19.4 Å². The fourth-order valence-corrected chi connectivity index (χ4v) is 4.93.